The van der Waals surface area contributed by atoms with E-state index in [2.05, 4.69) is 5.32 Å². The quantitative estimate of drug-likeness (QED) is 0.894. The van der Waals surface area contributed by atoms with Gasteiger partial charge < -0.3 is 14.8 Å². The number of furan rings is 1. The minimum atomic E-state index is -1.02. The molecule has 0 aliphatic rings. The summed E-state index contributed by atoms with van der Waals surface area (Å²) in [5.41, 5.74) is 0.875. The lowest BCUT2D eigenvalue weighted by molar-refractivity contribution is 0.0694. The van der Waals surface area contributed by atoms with E-state index in [1.807, 2.05) is 0 Å². The number of nitrogens with one attached hydrogen (secondary N) is 1. The van der Waals surface area contributed by atoms with Crippen LogP contribution in [0.2, 0.25) is 10.0 Å². The predicted molar refractivity (Wildman–Crippen MR) is 69.5 cm³/mol. The highest BCUT2D eigenvalue weighted by atomic mass is 35.5. The fourth-order valence-corrected chi connectivity index (χ4v) is 1.75. The summed E-state index contributed by atoms with van der Waals surface area (Å²) in [5, 5.41) is 12.8. The smallest absolute Gasteiger partial charge is 0.339 e. The van der Waals surface area contributed by atoms with Gasteiger partial charge in [-0.1, -0.05) is 23.2 Å². The Hall–Kier alpha value is -1.65. The van der Waals surface area contributed by atoms with Gasteiger partial charge in [0.05, 0.1) is 22.9 Å². The van der Waals surface area contributed by atoms with Gasteiger partial charge in [0, 0.05) is 5.69 Å². The molecule has 1 aromatic carbocycles. The second-order valence-corrected chi connectivity index (χ2v) is 4.36. The van der Waals surface area contributed by atoms with Gasteiger partial charge >= 0.3 is 5.97 Å². The molecule has 4 nitrogen and oxygen atoms in total. The number of anilines is 1. The molecule has 18 heavy (non-hydrogen) atoms. The van der Waals surface area contributed by atoms with Crippen LogP contribution in [-0.2, 0) is 6.54 Å². The summed E-state index contributed by atoms with van der Waals surface area (Å²) in [6.45, 7) is 0.257. The molecule has 0 unspecified atom stereocenters. The van der Waals surface area contributed by atoms with Crippen molar-refractivity contribution in [3.8, 4) is 0 Å². The van der Waals surface area contributed by atoms with Gasteiger partial charge in [0.1, 0.15) is 11.3 Å². The van der Waals surface area contributed by atoms with Crippen molar-refractivity contribution >= 4 is 34.9 Å². The highest BCUT2D eigenvalue weighted by Crippen LogP contribution is 2.25. The van der Waals surface area contributed by atoms with E-state index in [1.54, 1.807) is 18.2 Å². The van der Waals surface area contributed by atoms with Gasteiger partial charge in [-0.05, 0) is 24.3 Å². The Balaban J connectivity index is 2.09. The zero-order valence-corrected chi connectivity index (χ0v) is 10.6. The maximum Gasteiger partial charge on any atom is 0.339 e. The van der Waals surface area contributed by atoms with Crippen molar-refractivity contribution in [1.82, 2.24) is 0 Å². The molecule has 0 aliphatic heterocycles. The van der Waals surface area contributed by atoms with E-state index < -0.39 is 5.97 Å². The Morgan fingerprint density at radius 1 is 1.28 bits per heavy atom. The lowest BCUT2D eigenvalue weighted by atomic mass is 10.2. The third-order valence-corrected chi connectivity index (χ3v) is 3.09. The maximum absolute atomic E-state index is 10.9. The van der Waals surface area contributed by atoms with Gasteiger partial charge in [0.25, 0.3) is 0 Å². The molecular formula is C12H9Cl2NO3. The SMILES string of the molecule is O=C(O)c1ccoc1CNc1ccc(Cl)c(Cl)c1. The number of hydrogen-bond acceptors (Lipinski definition) is 3. The van der Waals surface area contributed by atoms with E-state index in [-0.39, 0.29) is 12.1 Å². The molecule has 6 heteroatoms. The first kappa shape index (κ1) is 12.8. The maximum atomic E-state index is 10.9. The number of hydrogen-bond donors (Lipinski definition) is 2. The highest BCUT2D eigenvalue weighted by Gasteiger charge is 2.12. The van der Waals surface area contributed by atoms with Gasteiger partial charge in [0.15, 0.2) is 0 Å². The normalized spacial score (nSPS) is 10.3. The van der Waals surface area contributed by atoms with Crippen LogP contribution in [0.1, 0.15) is 16.1 Å². The van der Waals surface area contributed by atoms with Crippen molar-refractivity contribution < 1.29 is 14.3 Å². The number of aromatic carboxylic acids is 1. The lowest BCUT2D eigenvalue weighted by Crippen LogP contribution is -2.04. The largest absolute Gasteiger partial charge is 0.478 e. The minimum absolute atomic E-state index is 0.141. The van der Waals surface area contributed by atoms with Crippen LogP contribution in [-0.4, -0.2) is 11.1 Å². The van der Waals surface area contributed by atoms with Crippen LogP contribution in [0.25, 0.3) is 0 Å². The molecule has 0 saturated heterocycles. The summed E-state index contributed by atoms with van der Waals surface area (Å²) in [6.07, 6.45) is 1.34. The zero-order chi connectivity index (χ0) is 13.1. The Morgan fingerprint density at radius 2 is 2.06 bits per heavy atom. The van der Waals surface area contributed by atoms with Crippen LogP contribution in [0.3, 0.4) is 0 Å². The minimum Gasteiger partial charge on any atom is -0.478 e. The standard InChI is InChI=1S/C12H9Cl2NO3/c13-9-2-1-7(5-10(9)14)15-6-11-8(12(16)17)3-4-18-11/h1-5,15H,6H2,(H,16,17). The van der Waals surface area contributed by atoms with E-state index in [1.165, 1.54) is 12.3 Å². The fourth-order valence-electron chi connectivity index (χ4n) is 1.46. The van der Waals surface area contributed by atoms with Gasteiger partial charge in [-0.2, -0.15) is 0 Å². The van der Waals surface area contributed by atoms with Gasteiger partial charge in [-0.25, -0.2) is 4.79 Å². The molecule has 2 N–H and O–H groups in total. The summed E-state index contributed by atoms with van der Waals surface area (Å²) in [4.78, 5) is 10.9. The van der Waals surface area contributed by atoms with E-state index in [4.69, 9.17) is 32.7 Å². The molecule has 0 atom stereocenters. The predicted octanol–water partition coefficient (Wildman–Crippen LogP) is 3.90. The van der Waals surface area contributed by atoms with E-state index in [9.17, 15) is 4.79 Å². The number of carboxylic acid groups (broad SMARTS) is 1. The Bertz CT molecular complexity index is 580. The topological polar surface area (TPSA) is 62.5 Å². The molecule has 0 spiro atoms. The first-order chi connectivity index (χ1) is 8.58. The number of benzene rings is 1. The molecule has 2 aromatic rings. The fraction of sp³-hybridized carbons (Fsp3) is 0.0833. The molecule has 0 saturated carbocycles. The van der Waals surface area contributed by atoms with E-state index in [0.29, 0.717) is 15.8 Å². The monoisotopic (exact) mass is 285 g/mol. The van der Waals surface area contributed by atoms with E-state index in [0.717, 1.165) is 5.69 Å². The Labute approximate surface area is 113 Å². The molecule has 0 amide bonds. The lowest BCUT2D eigenvalue weighted by Gasteiger charge is -2.06. The van der Waals surface area contributed by atoms with Crippen molar-refractivity contribution in [2.75, 3.05) is 5.32 Å². The van der Waals surface area contributed by atoms with Crippen molar-refractivity contribution in [2.45, 2.75) is 6.54 Å². The van der Waals surface area contributed by atoms with Crippen molar-refractivity contribution in [3.05, 3.63) is 51.9 Å². The molecule has 0 radical (unpaired) electrons. The molecule has 2 rings (SSSR count). The Kier molecular flexibility index (Phi) is 3.79. The molecule has 94 valence electrons. The summed E-state index contributed by atoms with van der Waals surface area (Å²) in [5.74, 6) is -0.664. The molecule has 0 aliphatic carbocycles. The summed E-state index contributed by atoms with van der Waals surface area (Å²) in [7, 11) is 0. The second-order valence-electron chi connectivity index (χ2n) is 3.55. The second kappa shape index (κ2) is 5.33. The van der Waals surface area contributed by atoms with Crippen molar-refractivity contribution in [2.24, 2.45) is 0 Å². The van der Waals surface area contributed by atoms with Crippen LogP contribution >= 0.6 is 23.2 Å². The number of halogens is 2. The molecule has 0 fully saturated rings. The molecule has 0 bridgehead atoms. The van der Waals surface area contributed by atoms with Crippen LogP contribution in [0.15, 0.2) is 34.9 Å². The van der Waals surface area contributed by atoms with Crippen LogP contribution in [0.5, 0.6) is 0 Å². The molecule has 1 aromatic heterocycles. The number of carboxylic acids is 1. The molecular weight excluding hydrogens is 277 g/mol. The number of rotatable bonds is 4. The first-order valence-corrected chi connectivity index (χ1v) is 5.82. The summed E-state index contributed by atoms with van der Waals surface area (Å²) < 4.78 is 5.10. The average molecular weight is 286 g/mol. The highest BCUT2D eigenvalue weighted by molar-refractivity contribution is 6.42. The van der Waals surface area contributed by atoms with E-state index >= 15 is 0 Å². The third kappa shape index (κ3) is 2.78. The summed E-state index contributed by atoms with van der Waals surface area (Å²) in [6, 6.07) is 6.48. The van der Waals surface area contributed by atoms with Crippen LogP contribution in [0, 0.1) is 0 Å². The van der Waals surface area contributed by atoms with Crippen LogP contribution < -0.4 is 5.32 Å². The zero-order valence-electron chi connectivity index (χ0n) is 9.11. The van der Waals surface area contributed by atoms with Gasteiger partial charge in [0.2, 0.25) is 0 Å². The molecule has 1 heterocycles. The summed E-state index contributed by atoms with van der Waals surface area (Å²) >= 11 is 11.7. The van der Waals surface area contributed by atoms with Gasteiger partial charge in [-0.15, -0.1) is 0 Å². The first-order valence-electron chi connectivity index (χ1n) is 5.06. The Morgan fingerprint density at radius 3 is 2.72 bits per heavy atom. The number of carbonyl (C=O) groups is 1. The average Bonchev–Trinajstić information content (AvgIpc) is 2.79. The van der Waals surface area contributed by atoms with Crippen molar-refractivity contribution in [3.63, 3.8) is 0 Å². The van der Waals surface area contributed by atoms with Crippen LogP contribution in [0.4, 0.5) is 5.69 Å². The third-order valence-electron chi connectivity index (χ3n) is 2.35. The van der Waals surface area contributed by atoms with Crippen molar-refractivity contribution in [1.29, 1.82) is 0 Å². The van der Waals surface area contributed by atoms with Gasteiger partial charge in [-0.3, -0.25) is 0 Å².